The van der Waals surface area contributed by atoms with E-state index in [1.54, 1.807) is 13.0 Å². The summed E-state index contributed by atoms with van der Waals surface area (Å²) < 4.78 is 27.4. The average Bonchev–Trinajstić information content (AvgIpc) is 2.88. The number of nitrogens with zero attached hydrogens (tertiary/aromatic N) is 3. The summed E-state index contributed by atoms with van der Waals surface area (Å²) in [5.74, 6) is -1.83. The van der Waals surface area contributed by atoms with Crippen molar-refractivity contribution >= 4 is 16.0 Å². The first-order valence-corrected chi connectivity index (χ1v) is 7.32. The van der Waals surface area contributed by atoms with Gasteiger partial charge in [-0.2, -0.15) is 9.40 Å². The van der Waals surface area contributed by atoms with Gasteiger partial charge in [-0.3, -0.25) is 9.48 Å². The maximum absolute atomic E-state index is 12.4. The highest BCUT2D eigenvalue weighted by Gasteiger charge is 2.32. The third kappa shape index (κ3) is 2.54. The van der Waals surface area contributed by atoms with Crippen molar-refractivity contribution in [3.8, 4) is 0 Å². The van der Waals surface area contributed by atoms with Gasteiger partial charge in [0.05, 0.1) is 12.1 Å². The first-order chi connectivity index (χ1) is 8.96. The lowest BCUT2D eigenvalue weighted by atomic mass is 10.1. The van der Waals surface area contributed by atoms with Crippen LogP contribution in [0, 0.1) is 5.92 Å². The van der Waals surface area contributed by atoms with Gasteiger partial charge in [0.15, 0.2) is 5.03 Å². The lowest BCUT2D eigenvalue weighted by molar-refractivity contribution is -0.140. The molecule has 0 fully saturated rings. The van der Waals surface area contributed by atoms with Gasteiger partial charge < -0.3 is 5.11 Å². The highest BCUT2D eigenvalue weighted by molar-refractivity contribution is 7.89. The van der Waals surface area contributed by atoms with Gasteiger partial charge in [0.1, 0.15) is 0 Å². The van der Waals surface area contributed by atoms with E-state index in [0.29, 0.717) is 6.54 Å². The molecule has 0 amide bonds. The number of hydrogen-bond donors (Lipinski definition) is 1. The number of sulfonamides is 1. The molecule has 1 aliphatic rings. The number of aliphatic carboxylic acids is 1. The molecule has 2 heterocycles. The van der Waals surface area contributed by atoms with Crippen LogP contribution in [0.3, 0.4) is 0 Å². The lowest BCUT2D eigenvalue weighted by Crippen LogP contribution is -2.40. The van der Waals surface area contributed by atoms with E-state index in [1.807, 2.05) is 0 Å². The second-order valence-electron chi connectivity index (χ2n) is 4.18. The molecule has 2 rings (SSSR count). The monoisotopic (exact) mass is 285 g/mol. The standard InChI is InChI=1S/C11H15N3O4S/c1-2-14-10(5-6-12-14)19(17,18)13-7-3-4-9(8-13)11(15)16/h3-6,9H,2,7-8H2,1H3,(H,15,16). The van der Waals surface area contributed by atoms with Crippen molar-refractivity contribution in [2.24, 2.45) is 5.92 Å². The van der Waals surface area contributed by atoms with Crippen molar-refractivity contribution in [1.82, 2.24) is 14.1 Å². The smallest absolute Gasteiger partial charge is 0.311 e. The Morgan fingerprint density at radius 2 is 2.32 bits per heavy atom. The molecule has 0 spiro atoms. The van der Waals surface area contributed by atoms with Crippen LogP contribution in [-0.2, 0) is 21.4 Å². The molecule has 0 saturated carbocycles. The number of aryl methyl sites for hydroxylation is 1. The molecule has 0 radical (unpaired) electrons. The van der Waals surface area contributed by atoms with Crippen LogP contribution >= 0.6 is 0 Å². The first-order valence-electron chi connectivity index (χ1n) is 5.88. The molecule has 1 aliphatic heterocycles. The molecule has 8 heteroatoms. The van der Waals surface area contributed by atoms with E-state index in [-0.39, 0.29) is 18.1 Å². The minimum atomic E-state index is -3.71. The van der Waals surface area contributed by atoms with Crippen LogP contribution in [0.2, 0.25) is 0 Å². The summed E-state index contributed by atoms with van der Waals surface area (Å²) in [6.07, 6.45) is 4.50. The second-order valence-corrected chi connectivity index (χ2v) is 6.06. The molecule has 1 N–H and O–H groups in total. The molecular formula is C11H15N3O4S. The van der Waals surface area contributed by atoms with Crippen molar-refractivity contribution in [2.75, 3.05) is 13.1 Å². The van der Waals surface area contributed by atoms with Gasteiger partial charge in [-0.15, -0.1) is 0 Å². The van der Waals surface area contributed by atoms with Gasteiger partial charge in [-0.05, 0) is 13.0 Å². The van der Waals surface area contributed by atoms with Crippen LogP contribution in [0.4, 0.5) is 0 Å². The van der Waals surface area contributed by atoms with Crippen molar-refractivity contribution in [2.45, 2.75) is 18.5 Å². The molecule has 0 bridgehead atoms. The number of rotatable bonds is 4. The number of carbonyl (C=O) groups is 1. The topological polar surface area (TPSA) is 92.5 Å². The fourth-order valence-electron chi connectivity index (χ4n) is 1.96. The van der Waals surface area contributed by atoms with E-state index >= 15 is 0 Å². The average molecular weight is 285 g/mol. The predicted molar refractivity (Wildman–Crippen MR) is 66.9 cm³/mol. The van der Waals surface area contributed by atoms with Gasteiger partial charge in [0, 0.05) is 19.6 Å². The maximum Gasteiger partial charge on any atom is 0.311 e. The molecule has 1 aromatic heterocycles. The summed E-state index contributed by atoms with van der Waals surface area (Å²) in [6, 6.07) is 1.42. The van der Waals surface area contributed by atoms with Gasteiger partial charge in [-0.25, -0.2) is 8.42 Å². The summed E-state index contributed by atoms with van der Waals surface area (Å²) in [6.45, 7) is 2.36. The van der Waals surface area contributed by atoms with E-state index in [4.69, 9.17) is 5.11 Å². The SMILES string of the molecule is CCn1nccc1S(=O)(=O)N1CC=CC(C(=O)O)C1. The Bertz CT molecular complexity index is 605. The lowest BCUT2D eigenvalue weighted by Gasteiger charge is -2.26. The highest BCUT2D eigenvalue weighted by Crippen LogP contribution is 2.20. The van der Waals surface area contributed by atoms with Crippen LogP contribution in [-0.4, -0.2) is 46.7 Å². The molecule has 0 aromatic carbocycles. The van der Waals surface area contributed by atoms with Crippen LogP contribution in [0.15, 0.2) is 29.4 Å². The molecule has 1 aromatic rings. The molecule has 1 atom stereocenters. The minimum absolute atomic E-state index is 0.0525. The number of aromatic nitrogens is 2. The summed E-state index contributed by atoms with van der Waals surface area (Å²) in [4.78, 5) is 10.9. The Kier molecular flexibility index (Phi) is 3.72. The molecule has 7 nitrogen and oxygen atoms in total. The molecule has 0 saturated heterocycles. The summed E-state index contributed by atoms with van der Waals surface area (Å²) in [5, 5.41) is 13.0. The van der Waals surface area contributed by atoms with Crippen LogP contribution in [0.5, 0.6) is 0 Å². The summed E-state index contributed by atoms with van der Waals surface area (Å²) in [7, 11) is -3.71. The molecule has 0 aliphatic carbocycles. The Morgan fingerprint density at radius 3 is 2.95 bits per heavy atom. The quantitative estimate of drug-likeness (QED) is 0.796. The number of carboxylic acids is 1. The zero-order chi connectivity index (χ0) is 14.0. The van der Waals surface area contributed by atoms with Gasteiger partial charge in [-0.1, -0.05) is 12.2 Å². The molecule has 19 heavy (non-hydrogen) atoms. The molecule has 1 unspecified atom stereocenters. The van der Waals surface area contributed by atoms with Crippen molar-refractivity contribution < 1.29 is 18.3 Å². The van der Waals surface area contributed by atoms with Crippen molar-refractivity contribution in [3.05, 3.63) is 24.4 Å². The summed E-state index contributed by atoms with van der Waals surface area (Å²) in [5.41, 5.74) is 0. The Hall–Kier alpha value is -1.67. The normalized spacial score (nSPS) is 20.6. The van der Waals surface area contributed by atoms with Crippen LogP contribution < -0.4 is 0 Å². The number of hydrogen-bond acceptors (Lipinski definition) is 4. The summed E-state index contributed by atoms with van der Waals surface area (Å²) >= 11 is 0. The van der Waals surface area contributed by atoms with E-state index in [0.717, 1.165) is 4.31 Å². The predicted octanol–water partition coefficient (Wildman–Crippen LogP) is 0.164. The van der Waals surface area contributed by atoms with Crippen LogP contribution in [0.1, 0.15) is 6.92 Å². The van der Waals surface area contributed by atoms with E-state index in [9.17, 15) is 13.2 Å². The Morgan fingerprint density at radius 1 is 1.58 bits per heavy atom. The third-order valence-electron chi connectivity index (χ3n) is 2.98. The zero-order valence-corrected chi connectivity index (χ0v) is 11.2. The fourth-order valence-corrected chi connectivity index (χ4v) is 3.54. The van der Waals surface area contributed by atoms with Crippen molar-refractivity contribution in [3.63, 3.8) is 0 Å². The fraction of sp³-hybridized carbons (Fsp3) is 0.455. The second kappa shape index (κ2) is 5.14. The molecule has 104 valence electrons. The van der Waals surface area contributed by atoms with Gasteiger partial charge in [0.25, 0.3) is 10.0 Å². The minimum Gasteiger partial charge on any atom is -0.481 e. The van der Waals surface area contributed by atoms with E-state index in [1.165, 1.54) is 23.0 Å². The number of carboxylic acid groups (broad SMARTS) is 1. The Balaban J connectivity index is 2.31. The zero-order valence-electron chi connectivity index (χ0n) is 10.4. The largest absolute Gasteiger partial charge is 0.481 e. The first kappa shape index (κ1) is 13.8. The third-order valence-corrected chi connectivity index (χ3v) is 4.83. The highest BCUT2D eigenvalue weighted by atomic mass is 32.2. The molecular weight excluding hydrogens is 270 g/mol. The maximum atomic E-state index is 12.4. The van der Waals surface area contributed by atoms with E-state index < -0.39 is 21.9 Å². The Labute approximate surface area is 111 Å². The van der Waals surface area contributed by atoms with Gasteiger partial charge in [0.2, 0.25) is 0 Å². The van der Waals surface area contributed by atoms with E-state index in [2.05, 4.69) is 5.10 Å². The van der Waals surface area contributed by atoms with Crippen LogP contribution in [0.25, 0.3) is 0 Å². The van der Waals surface area contributed by atoms with Crippen molar-refractivity contribution in [1.29, 1.82) is 0 Å². The van der Waals surface area contributed by atoms with Gasteiger partial charge >= 0.3 is 5.97 Å².